The minimum atomic E-state index is -0.246. The molecule has 8 heteroatoms. The van der Waals surface area contributed by atoms with Crippen LogP contribution in [0.25, 0.3) is 39.0 Å². The Morgan fingerprint density at radius 2 is 1.84 bits per heavy atom. The molecule has 0 aliphatic heterocycles. The second-order valence-corrected chi connectivity index (χ2v) is 12.9. The van der Waals surface area contributed by atoms with Gasteiger partial charge in [-0.3, -0.25) is 10.1 Å². The van der Waals surface area contributed by atoms with Crippen molar-refractivity contribution in [3.63, 3.8) is 0 Å². The molecule has 2 aromatic carbocycles. The Morgan fingerprint density at radius 3 is 2.69 bits per heavy atom. The van der Waals surface area contributed by atoms with Crippen LogP contribution >= 0.6 is 0 Å². The Balaban J connectivity index is 1.19. The number of pyridine rings is 1. The van der Waals surface area contributed by atoms with Gasteiger partial charge in [0, 0.05) is 47.2 Å². The molecule has 7 nitrogen and oxygen atoms in total. The summed E-state index contributed by atoms with van der Waals surface area (Å²) in [5, 5.41) is 12.4. The van der Waals surface area contributed by atoms with Crippen LogP contribution in [0.3, 0.4) is 0 Å². The number of nitrogens with zero attached hydrogens (tertiary/aromatic N) is 3. The standard InChI is InChI=1S/C37H41FN6O/c1-23-13-31(25-15-27(38)19-28(16-25)40-11-12-44(2)3)32-20-36(41-35(32)14-23)37-33-18-24(9-10-34(33)42-43-37)26-17-30(22-39-21-26)45-29-7-5-4-6-8-29/h9-10,13,15-23,29,40-41H,4-8,11-12,14H2,1-3H3,(H,42,43). The number of rotatable bonds is 9. The van der Waals surface area contributed by atoms with E-state index in [9.17, 15) is 4.39 Å². The van der Waals surface area contributed by atoms with Crippen molar-refractivity contribution in [3.05, 3.63) is 89.6 Å². The quantitative estimate of drug-likeness (QED) is 0.159. The minimum Gasteiger partial charge on any atom is -0.489 e. The van der Waals surface area contributed by atoms with Crippen LogP contribution in [-0.4, -0.2) is 58.4 Å². The molecule has 1 fully saturated rings. The van der Waals surface area contributed by atoms with Crippen molar-refractivity contribution in [3.8, 4) is 28.3 Å². The summed E-state index contributed by atoms with van der Waals surface area (Å²) in [6.45, 7) is 3.81. The van der Waals surface area contributed by atoms with E-state index < -0.39 is 0 Å². The van der Waals surface area contributed by atoms with E-state index in [0.717, 1.165) is 99.6 Å². The predicted molar refractivity (Wildman–Crippen MR) is 180 cm³/mol. The Hall–Kier alpha value is -4.43. The molecule has 1 atom stereocenters. The van der Waals surface area contributed by atoms with Crippen molar-refractivity contribution in [2.75, 3.05) is 32.5 Å². The number of hydrogen-bond donors (Lipinski definition) is 3. The summed E-state index contributed by atoms with van der Waals surface area (Å²) < 4.78 is 21.2. The fourth-order valence-electron chi connectivity index (χ4n) is 6.72. The first-order chi connectivity index (χ1) is 21.9. The van der Waals surface area contributed by atoms with E-state index in [-0.39, 0.29) is 11.9 Å². The van der Waals surface area contributed by atoms with Crippen LogP contribution in [0.1, 0.15) is 55.8 Å². The van der Waals surface area contributed by atoms with Gasteiger partial charge in [0.2, 0.25) is 0 Å². The molecule has 232 valence electrons. The lowest BCUT2D eigenvalue weighted by Gasteiger charge is -2.23. The summed E-state index contributed by atoms with van der Waals surface area (Å²) >= 11 is 0. The number of nitrogens with one attached hydrogen (secondary N) is 3. The van der Waals surface area contributed by atoms with E-state index in [1.165, 1.54) is 19.3 Å². The molecule has 3 N–H and O–H groups in total. The highest BCUT2D eigenvalue weighted by Crippen LogP contribution is 2.39. The zero-order valence-electron chi connectivity index (χ0n) is 26.3. The van der Waals surface area contributed by atoms with E-state index in [1.54, 1.807) is 12.1 Å². The third kappa shape index (κ3) is 6.38. The molecule has 0 spiro atoms. The molecule has 7 rings (SSSR count). The number of aromatic nitrogens is 4. The van der Waals surface area contributed by atoms with Gasteiger partial charge < -0.3 is 19.9 Å². The topological polar surface area (TPSA) is 81.9 Å². The lowest BCUT2D eigenvalue weighted by Crippen LogP contribution is -2.20. The average Bonchev–Trinajstić information content (AvgIpc) is 3.64. The van der Waals surface area contributed by atoms with Crippen LogP contribution in [0.15, 0.2) is 67.0 Å². The van der Waals surface area contributed by atoms with E-state index in [2.05, 4.69) is 74.7 Å². The van der Waals surface area contributed by atoms with Crippen molar-refractivity contribution in [1.82, 2.24) is 25.1 Å². The number of ether oxygens (including phenoxy) is 1. The Bertz CT molecular complexity index is 1850. The van der Waals surface area contributed by atoms with Crippen molar-refractivity contribution in [2.24, 2.45) is 5.92 Å². The summed E-state index contributed by atoms with van der Waals surface area (Å²) in [5.74, 6) is 0.890. The van der Waals surface area contributed by atoms with E-state index >= 15 is 0 Å². The highest BCUT2D eigenvalue weighted by molar-refractivity contribution is 5.96. The van der Waals surface area contributed by atoms with Crippen LogP contribution in [0.4, 0.5) is 10.1 Å². The predicted octanol–water partition coefficient (Wildman–Crippen LogP) is 8.07. The first kappa shape index (κ1) is 29.3. The normalized spacial score (nSPS) is 17.0. The molecule has 0 saturated heterocycles. The molecule has 0 bridgehead atoms. The SMILES string of the molecule is CC1C=C(c2cc(F)cc(NCCN(C)C)c2)c2cc(-c3n[nH]c4ccc(-c5cncc(OC6CCCCC6)c5)cc34)[nH]c2C1. The molecule has 45 heavy (non-hydrogen) atoms. The van der Waals surface area contributed by atoms with Gasteiger partial charge >= 0.3 is 0 Å². The zero-order chi connectivity index (χ0) is 30.9. The van der Waals surface area contributed by atoms with Crippen LogP contribution in [0.2, 0.25) is 0 Å². The maximum Gasteiger partial charge on any atom is 0.138 e. The number of H-pyrrole nitrogens is 2. The molecule has 2 aliphatic carbocycles. The molecule has 3 heterocycles. The summed E-state index contributed by atoms with van der Waals surface area (Å²) in [6, 6.07) is 15.9. The Labute approximate surface area is 263 Å². The van der Waals surface area contributed by atoms with Gasteiger partial charge in [0.1, 0.15) is 17.3 Å². The van der Waals surface area contributed by atoms with Gasteiger partial charge in [0.25, 0.3) is 0 Å². The van der Waals surface area contributed by atoms with Crippen LogP contribution < -0.4 is 10.1 Å². The van der Waals surface area contributed by atoms with Crippen molar-refractivity contribution >= 4 is 22.2 Å². The number of anilines is 1. The number of likely N-dealkylation sites (N-methyl/N-ethyl adjacent to an activating group) is 1. The van der Waals surface area contributed by atoms with Crippen LogP contribution in [0, 0.1) is 11.7 Å². The van der Waals surface area contributed by atoms with E-state index in [1.807, 2.05) is 26.5 Å². The van der Waals surface area contributed by atoms with Gasteiger partial charge in [-0.05, 0) is 111 Å². The largest absolute Gasteiger partial charge is 0.489 e. The fraction of sp³-hybridized carbons (Fsp3) is 0.351. The van der Waals surface area contributed by atoms with Crippen molar-refractivity contribution in [1.29, 1.82) is 0 Å². The highest BCUT2D eigenvalue weighted by Gasteiger charge is 2.24. The third-order valence-electron chi connectivity index (χ3n) is 8.98. The summed E-state index contributed by atoms with van der Waals surface area (Å²) in [4.78, 5) is 10.3. The number of aromatic amines is 2. The van der Waals surface area contributed by atoms with E-state index in [0.29, 0.717) is 5.92 Å². The number of benzene rings is 2. The summed E-state index contributed by atoms with van der Waals surface area (Å²) in [7, 11) is 4.06. The summed E-state index contributed by atoms with van der Waals surface area (Å²) in [6.07, 6.45) is 13.1. The zero-order valence-corrected chi connectivity index (χ0v) is 26.3. The Kier molecular flexibility index (Phi) is 8.15. The first-order valence-corrected chi connectivity index (χ1v) is 16.1. The minimum absolute atomic E-state index is 0.246. The van der Waals surface area contributed by atoms with Gasteiger partial charge in [-0.25, -0.2) is 4.39 Å². The van der Waals surface area contributed by atoms with Gasteiger partial charge in [-0.15, -0.1) is 0 Å². The second-order valence-electron chi connectivity index (χ2n) is 12.9. The maximum absolute atomic E-state index is 14.9. The smallest absolute Gasteiger partial charge is 0.138 e. The molecule has 5 aromatic rings. The second kappa shape index (κ2) is 12.5. The highest BCUT2D eigenvalue weighted by atomic mass is 19.1. The molecule has 1 saturated carbocycles. The van der Waals surface area contributed by atoms with Gasteiger partial charge in [0.05, 0.1) is 23.5 Å². The molecule has 0 radical (unpaired) electrons. The van der Waals surface area contributed by atoms with Crippen LogP contribution in [-0.2, 0) is 6.42 Å². The number of allylic oxidation sites excluding steroid dienone is 1. The van der Waals surface area contributed by atoms with Gasteiger partial charge in [-0.1, -0.05) is 25.5 Å². The van der Waals surface area contributed by atoms with Gasteiger partial charge in [0.15, 0.2) is 0 Å². The average molecular weight is 605 g/mol. The first-order valence-electron chi connectivity index (χ1n) is 16.1. The molecular weight excluding hydrogens is 563 g/mol. The number of fused-ring (bicyclic) bond motifs is 2. The van der Waals surface area contributed by atoms with E-state index in [4.69, 9.17) is 9.84 Å². The maximum atomic E-state index is 14.9. The monoisotopic (exact) mass is 604 g/mol. The van der Waals surface area contributed by atoms with Gasteiger partial charge in [-0.2, -0.15) is 5.10 Å². The molecule has 3 aromatic heterocycles. The van der Waals surface area contributed by atoms with Crippen LogP contribution in [0.5, 0.6) is 5.75 Å². The third-order valence-corrected chi connectivity index (χ3v) is 8.98. The molecule has 1 unspecified atom stereocenters. The molecular formula is C37H41FN6O. The molecule has 0 amide bonds. The lowest BCUT2D eigenvalue weighted by atomic mass is 9.86. The number of hydrogen-bond acceptors (Lipinski definition) is 5. The Morgan fingerprint density at radius 1 is 0.978 bits per heavy atom. The number of halogens is 1. The lowest BCUT2D eigenvalue weighted by molar-refractivity contribution is 0.154. The van der Waals surface area contributed by atoms with Crippen molar-refractivity contribution in [2.45, 2.75) is 51.6 Å². The van der Waals surface area contributed by atoms with Crippen molar-refractivity contribution < 1.29 is 9.13 Å². The fourth-order valence-corrected chi connectivity index (χ4v) is 6.72. The summed E-state index contributed by atoms with van der Waals surface area (Å²) in [5.41, 5.74) is 9.79. The molecule has 2 aliphatic rings.